The van der Waals surface area contributed by atoms with E-state index in [4.69, 9.17) is 0 Å². The molecule has 0 spiro atoms. The van der Waals surface area contributed by atoms with Gasteiger partial charge >= 0.3 is 0 Å². The lowest BCUT2D eigenvalue weighted by molar-refractivity contribution is 0.660. The third kappa shape index (κ3) is 9.08. The van der Waals surface area contributed by atoms with Crippen LogP contribution in [0.25, 0.3) is 65.7 Å². The Balaban J connectivity index is 0.000000153. The molecule has 73 heavy (non-hydrogen) atoms. The minimum absolute atomic E-state index is 0.0676. The summed E-state index contributed by atoms with van der Waals surface area (Å²) in [5, 5.41) is 7.60. The van der Waals surface area contributed by atoms with E-state index >= 15 is 0 Å². The number of benzene rings is 12. The number of para-hydroxylation sites is 1. The molecule has 1 aliphatic carbocycles. The van der Waals surface area contributed by atoms with Gasteiger partial charge in [-0.15, -0.1) is 0 Å². The third-order valence-electron chi connectivity index (χ3n) is 14.4. The molecule has 0 N–H and O–H groups in total. The van der Waals surface area contributed by atoms with Crippen molar-refractivity contribution in [2.24, 2.45) is 0 Å². The fourth-order valence-electron chi connectivity index (χ4n) is 10.7. The van der Waals surface area contributed by atoms with Crippen molar-refractivity contribution in [1.29, 1.82) is 0 Å². The van der Waals surface area contributed by atoms with Crippen molar-refractivity contribution in [3.63, 3.8) is 0 Å². The largest absolute Gasteiger partial charge is 0.310 e. The van der Waals surface area contributed by atoms with E-state index in [1.807, 2.05) is 0 Å². The van der Waals surface area contributed by atoms with Crippen molar-refractivity contribution >= 4 is 112 Å². The summed E-state index contributed by atoms with van der Waals surface area (Å²) >= 11 is 4.81. The van der Waals surface area contributed by atoms with Crippen LogP contribution in [0.1, 0.15) is 25.0 Å². The maximum atomic E-state index is 2.43. The highest BCUT2D eigenvalue weighted by Crippen LogP contribution is 2.51. The first-order valence-corrected chi connectivity index (χ1v) is 26.9. The molecular weight excluding hydrogens is 1110 g/mol. The van der Waals surface area contributed by atoms with Gasteiger partial charge in [0.25, 0.3) is 0 Å². The van der Waals surface area contributed by atoms with Crippen LogP contribution in [0.15, 0.2) is 267 Å². The monoisotopic (exact) mass is 1160 g/mol. The molecule has 12 aromatic carbocycles. The number of nitrogens with zero attached hydrogens (tertiary/aromatic N) is 2. The van der Waals surface area contributed by atoms with Crippen LogP contribution in [0.3, 0.4) is 0 Å². The Bertz CT molecular complexity index is 3860. The van der Waals surface area contributed by atoms with Crippen LogP contribution in [0, 0.1) is 7.14 Å². The molecule has 350 valence electrons. The molecule has 0 heterocycles. The lowest BCUT2D eigenvalue weighted by atomic mass is 9.82. The minimum Gasteiger partial charge on any atom is -0.310 e. The molecular formula is C69H50I2N2. The molecule has 2 nitrogen and oxygen atoms in total. The van der Waals surface area contributed by atoms with E-state index in [-0.39, 0.29) is 5.41 Å². The number of hydrogen-bond donors (Lipinski definition) is 0. The van der Waals surface area contributed by atoms with Crippen LogP contribution in [-0.4, -0.2) is 0 Å². The number of anilines is 6. The normalized spacial score (nSPS) is 12.2. The van der Waals surface area contributed by atoms with E-state index in [0.717, 1.165) is 22.7 Å². The first-order chi connectivity index (χ1) is 35.8. The van der Waals surface area contributed by atoms with Gasteiger partial charge < -0.3 is 9.80 Å². The Morgan fingerprint density at radius 2 is 0.726 bits per heavy atom. The maximum Gasteiger partial charge on any atom is 0.0540 e. The SMILES string of the molecule is CC1(C)c2cc(I)ccc2-c2ccc(N(c3ccc(-c4ccccc4)cc3)c3ccc(-c4ccccc4)cc3)cc21.Ic1ccc2c(ccc3cc(N(c4ccccc4)c4cccc5ccccc45)ccc32)c1. The van der Waals surface area contributed by atoms with Crippen LogP contribution in [0.2, 0.25) is 0 Å². The van der Waals surface area contributed by atoms with Gasteiger partial charge in [-0.05, 0) is 208 Å². The summed E-state index contributed by atoms with van der Waals surface area (Å²) in [6.45, 7) is 4.70. The number of fused-ring (bicyclic) bond motifs is 7. The van der Waals surface area contributed by atoms with Gasteiger partial charge in [-0.3, -0.25) is 0 Å². The zero-order chi connectivity index (χ0) is 49.5. The van der Waals surface area contributed by atoms with E-state index in [1.165, 1.54) is 95.3 Å². The molecule has 0 amide bonds. The van der Waals surface area contributed by atoms with Crippen molar-refractivity contribution in [3.05, 3.63) is 285 Å². The first-order valence-electron chi connectivity index (χ1n) is 24.8. The standard InChI is InChI=1S/C39H30IN.C30H20IN/c1-39(2)37-25-31(40)17-23-35(37)36-24-22-34(26-38(36)39)41(32-18-13-29(14-19-32)27-9-5-3-6-10-27)33-20-15-30(16-21-33)28-11-7-4-8-12-28;31-24-15-17-27-22(19-24)13-14-23-20-26(16-18-28(23)27)32(25-9-2-1-3-10-25)30-12-6-8-21-7-4-5-11-29(21)30/h3-26H,1-2H3;1-20H. The molecule has 1 aliphatic rings. The fourth-order valence-corrected chi connectivity index (χ4v) is 11.7. The van der Waals surface area contributed by atoms with Crippen molar-refractivity contribution in [2.75, 3.05) is 9.80 Å². The van der Waals surface area contributed by atoms with Gasteiger partial charge in [-0.1, -0.05) is 190 Å². The zero-order valence-corrected chi connectivity index (χ0v) is 44.9. The van der Waals surface area contributed by atoms with Crippen LogP contribution in [0.5, 0.6) is 0 Å². The zero-order valence-electron chi connectivity index (χ0n) is 40.6. The van der Waals surface area contributed by atoms with Crippen LogP contribution >= 0.6 is 45.2 Å². The van der Waals surface area contributed by atoms with E-state index in [2.05, 4.69) is 336 Å². The molecule has 0 aromatic heterocycles. The first kappa shape index (κ1) is 46.5. The van der Waals surface area contributed by atoms with Crippen LogP contribution in [-0.2, 0) is 5.41 Å². The predicted molar refractivity (Wildman–Crippen MR) is 329 cm³/mol. The molecule has 0 unspecified atom stereocenters. The topological polar surface area (TPSA) is 6.48 Å². The highest BCUT2D eigenvalue weighted by Gasteiger charge is 2.36. The predicted octanol–water partition coefficient (Wildman–Crippen LogP) is 20.6. The molecule has 0 saturated heterocycles. The Kier molecular flexibility index (Phi) is 12.6. The summed E-state index contributed by atoms with van der Waals surface area (Å²) < 4.78 is 2.54. The summed E-state index contributed by atoms with van der Waals surface area (Å²) in [5.74, 6) is 0. The van der Waals surface area contributed by atoms with Crippen LogP contribution < -0.4 is 9.80 Å². The average Bonchev–Trinajstić information content (AvgIpc) is 3.66. The highest BCUT2D eigenvalue weighted by molar-refractivity contribution is 14.1. The number of halogens is 2. The van der Waals surface area contributed by atoms with Gasteiger partial charge in [-0.2, -0.15) is 0 Å². The summed E-state index contributed by atoms with van der Waals surface area (Å²) in [6, 6.07) is 96.5. The van der Waals surface area contributed by atoms with Crippen LogP contribution in [0.4, 0.5) is 34.1 Å². The molecule has 0 saturated carbocycles. The lowest BCUT2D eigenvalue weighted by Crippen LogP contribution is -2.16. The van der Waals surface area contributed by atoms with Gasteiger partial charge in [0.1, 0.15) is 0 Å². The Morgan fingerprint density at radius 3 is 1.37 bits per heavy atom. The summed E-state index contributed by atoms with van der Waals surface area (Å²) in [6.07, 6.45) is 0. The third-order valence-corrected chi connectivity index (χ3v) is 15.7. The van der Waals surface area contributed by atoms with E-state index in [9.17, 15) is 0 Å². The van der Waals surface area contributed by atoms with Gasteiger partial charge in [0, 0.05) is 46.4 Å². The molecule has 12 aromatic rings. The lowest BCUT2D eigenvalue weighted by Gasteiger charge is -2.28. The second-order valence-corrected chi connectivity index (χ2v) is 21.7. The molecule has 4 heteroatoms. The number of rotatable bonds is 8. The van der Waals surface area contributed by atoms with Crippen molar-refractivity contribution < 1.29 is 0 Å². The Hall–Kier alpha value is -7.52. The van der Waals surface area contributed by atoms with Gasteiger partial charge in [0.05, 0.1) is 5.69 Å². The Morgan fingerprint density at radius 1 is 0.288 bits per heavy atom. The van der Waals surface area contributed by atoms with E-state index in [0.29, 0.717) is 0 Å². The summed E-state index contributed by atoms with van der Waals surface area (Å²) in [5.41, 5.74) is 17.2. The molecule has 0 radical (unpaired) electrons. The smallest absolute Gasteiger partial charge is 0.0540 e. The summed E-state index contributed by atoms with van der Waals surface area (Å²) in [4.78, 5) is 4.74. The minimum atomic E-state index is -0.0676. The number of hydrogen-bond acceptors (Lipinski definition) is 2. The highest BCUT2D eigenvalue weighted by atomic mass is 127. The fraction of sp³-hybridized carbons (Fsp3) is 0.0435. The molecule has 0 fully saturated rings. The van der Waals surface area contributed by atoms with Gasteiger partial charge in [-0.25, -0.2) is 0 Å². The van der Waals surface area contributed by atoms with Crippen molar-refractivity contribution in [3.8, 4) is 33.4 Å². The molecule has 0 bridgehead atoms. The van der Waals surface area contributed by atoms with Gasteiger partial charge in [0.15, 0.2) is 0 Å². The summed E-state index contributed by atoms with van der Waals surface area (Å²) in [7, 11) is 0. The Labute approximate surface area is 455 Å². The molecule has 13 rings (SSSR count). The quantitative estimate of drug-likeness (QED) is 0.111. The second-order valence-electron chi connectivity index (χ2n) is 19.2. The van der Waals surface area contributed by atoms with E-state index in [1.54, 1.807) is 0 Å². The van der Waals surface area contributed by atoms with Gasteiger partial charge in [0.2, 0.25) is 0 Å². The average molecular weight is 1160 g/mol. The second kappa shape index (κ2) is 19.8. The van der Waals surface area contributed by atoms with E-state index < -0.39 is 0 Å². The maximum absolute atomic E-state index is 2.43. The van der Waals surface area contributed by atoms with Crippen molar-refractivity contribution in [1.82, 2.24) is 0 Å². The molecule has 0 atom stereocenters. The molecule has 0 aliphatic heterocycles. The van der Waals surface area contributed by atoms with Crippen molar-refractivity contribution in [2.45, 2.75) is 19.3 Å².